The molecule has 0 bridgehead atoms. The number of fused-ring (bicyclic) bond motifs is 1. The summed E-state index contributed by atoms with van der Waals surface area (Å²) in [4.78, 5) is 4.82. The van der Waals surface area contributed by atoms with E-state index in [2.05, 4.69) is 37.1 Å². The van der Waals surface area contributed by atoms with Gasteiger partial charge in [-0.15, -0.1) is 0 Å². The lowest BCUT2D eigenvalue weighted by Gasteiger charge is -2.35. The second kappa shape index (κ2) is 9.69. The summed E-state index contributed by atoms with van der Waals surface area (Å²) in [7, 11) is -3.76. The first-order chi connectivity index (χ1) is 16.5. The van der Waals surface area contributed by atoms with Gasteiger partial charge in [0.2, 0.25) is 0 Å². The van der Waals surface area contributed by atoms with Crippen LogP contribution in [0.1, 0.15) is 5.56 Å². The van der Waals surface area contributed by atoms with Gasteiger partial charge in [0.05, 0.1) is 9.60 Å². The SMILES string of the molecule is O=S(=O)(Nc1cccc(CCN2CCN(c3nsc4ccccc34)CC2)c1)c1ccc(F)cc1. The Labute approximate surface area is 202 Å². The van der Waals surface area contributed by atoms with Gasteiger partial charge in [-0.1, -0.05) is 24.3 Å². The lowest BCUT2D eigenvalue weighted by molar-refractivity contribution is 0.261. The summed E-state index contributed by atoms with van der Waals surface area (Å²) in [5.41, 5.74) is 1.56. The van der Waals surface area contributed by atoms with Gasteiger partial charge in [-0.25, -0.2) is 12.8 Å². The van der Waals surface area contributed by atoms with E-state index in [0.717, 1.165) is 62.7 Å². The molecule has 6 nitrogen and oxygen atoms in total. The average Bonchev–Trinajstić information content (AvgIpc) is 3.28. The van der Waals surface area contributed by atoms with Gasteiger partial charge in [0.1, 0.15) is 11.6 Å². The summed E-state index contributed by atoms with van der Waals surface area (Å²) >= 11 is 1.55. The maximum atomic E-state index is 13.1. The van der Waals surface area contributed by atoms with Crippen LogP contribution in [0.5, 0.6) is 0 Å². The van der Waals surface area contributed by atoms with Crippen LogP contribution >= 0.6 is 11.5 Å². The minimum atomic E-state index is -3.76. The first kappa shape index (κ1) is 22.8. The van der Waals surface area contributed by atoms with E-state index in [1.807, 2.05) is 24.3 Å². The van der Waals surface area contributed by atoms with Crippen molar-refractivity contribution in [3.05, 3.63) is 84.2 Å². The molecule has 0 radical (unpaired) electrons. The highest BCUT2D eigenvalue weighted by atomic mass is 32.2. The van der Waals surface area contributed by atoms with Crippen LogP contribution in [0.4, 0.5) is 15.9 Å². The molecule has 1 fully saturated rings. The first-order valence-electron chi connectivity index (χ1n) is 11.2. The highest BCUT2D eigenvalue weighted by molar-refractivity contribution is 7.92. The molecule has 1 aromatic heterocycles. The van der Waals surface area contributed by atoms with Crippen LogP contribution in [0.25, 0.3) is 10.1 Å². The van der Waals surface area contributed by atoms with E-state index in [1.165, 1.54) is 22.2 Å². The summed E-state index contributed by atoms with van der Waals surface area (Å²) in [6, 6.07) is 20.6. The van der Waals surface area contributed by atoms with Crippen molar-refractivity contribution in [2.45, 2.75) is 11.3 Å². The third-order valence-electron chi connectivity index (χ3n) is 6.05. The Morgan fingerprint density at radius 3 is 2.50 bits per heavy atom. The molecule has 2 heterocycles. The molecule has 1 saturated heterocycles. The standard InChI is InChI=1S/C25H25FN4O2S2/c26-20-8-10-22(11-9-20)34(31,32)28-21-5-3-4-19(18-21)12-13-29-14-16-30(17-15-29)25-23-6-1-2-7-24(23)33-27-25/h1-11,18,28H,12-17H2. The molecular formula is C25H25FN4O2S2. The highest BCUT2D eigenvalue weighted by Crippen LogP contribution is 2.29. The maximum absolute atomic E-state index is 13.1. The van der Waals surface area contributed by atoms with E-state index < -0.39 is 15.8 Å². The van der Waals surface area contributed by atoms with Crippen LogP contribution < -0.4 is 9.62 Å². The minimum Gasteiger partial charge on any atom is -0.353 e. The van der Waals surface area contributed by atoms with Crippen molar-refractivity contribution in [3.63, 3.8) is 0 Å². The predicted octanol–water partition coefficient (Wildman–Crippen LogP) is 4.60. The number of nitrogens with zero attached hydrogens (tertiary/aromatic N) is 3. The predicted molar refractivity (Wildman–Crippen MR) is 136 cm³/mol. The molecule has 0 atom stereocenters. The van der Waals surface area contributed by atoms with Crippen LogP contribution in [0.3, 0.4) is 0 Å². The van der Waals surface area contributed by atoms with Gasteiger partial charge in [-0.05, 0) is 72.0 Å². The number of hydrogen-bond donors (Lipinski definition) is 1. The molecule has 0 aliphatic carbocycles. The average molecular weight is 497 g/mol. The lowest BCUT2D eigenvalue weighted by atomic mass is 10.1. The van der Waals surface area contributed by atoms with Crippen molar-refractivity contribution in [1.29, 1.82) is 0 Å². The third kappa shape index (κ3) is 5.06. The van der Waals surface area contributed by atoms with E-state index >= 15 is 0 Å². The molecule has 1 N–H and O–H groups in total. The Kier molecular flexibility index (Phi) is 6.49. The van der Waals surface area contributed by atoms with Gasteiger partial charge >= 0.3 is 0 Å². The second-order valence-electron chi connectivity index (χ2n) is 8.34. The Hall–Kier alpha value is -3.01. The number of benzene rings is 3. The zero-order valence-corrected chi connectivity index (χ0v) is 20.2. The van der Waals surface area contributed by atoms with Gasteiger partial charge < -0.3 is 4.90 Å². The molecule has 3 aromatic carbocycles. The van der Waals surface area contributed by atoms with E-state index in [1.54, 1.807) is 17.6 Å². The van der Waals surface area contributed by atoms with Crippen molar-refractivity contribution in [2.24, 2.45) is 0 Å². The maximum Gasteiger partial charge on any atom is 0.261 e. The number of aromatic nitrogens is 1. The number of nitrogens with one attached hydrogen (secondary N) is 1. The number of sulfonamides is 1. The Balaban J connectivity index is 1.16. The monoisotopic (exact) mass is 496 g/mol. The second-order valence-corrected chi connectivity index (χ2v) is 10.8. The highest BCUT2D eigenvalue weighted by Gasteiger charge is 2.20. The van der Waals surface area contributed by atoms with Gasteiger partial charge in [-0.2, -0.15) is 4.37 Å². The Morgan fingerprint density at radius 2 is 1.71 bits per heavy atom. The number of halogens is 1. The molecule has 1 aliphatic rings. The third-order valence-corrected chi connectivity index (χ3v) is 8.26. The van der Waals surface area contributed by atoms with E-state index in [4.69, 9.17) is 0 Å². The number of piperazine rings is 1. The van der Waals surface area contributed by atoms with Crippen LogP contribution in [-0.4, -0.2) is 50.4 Å². The molecule has 4 aromatic rings. The van der Waals surface area contributed by atoms with Crippen LogP contribution in [0.2, 0.25) is 0 Å². The molecule has 5 rings (SSSR count). The molecule has 9 heteroatoms. The summed E-state index contributed by atoms with van der Waals surface area (Å²) in [5.74, 6) is 0.614. The van der Waals surface area contributed by atoms with Crippen molar-refractivity contribution in [1.82, 2.24) is 9.27 Å². The fraction of sp³-hybridized carbons (Fsp3) is 0.240. The van der Waals surface area contributed by atoms with Crippen LogP contribution in [-0.2, 0) is 16.4 Å². The molecular weight excluding hydrogens is 471 g/mol. The van der Waals surface area contributed by atoms with Crippen molar-refractivity contribution >= 4 is 43.1 Å². The molecule has 0 amide bonds. The molecule has 176 valence electrons. The zero-order valence-electron chi connectivity index (χ0n) is 18.5. The van der Waals surface area contributed by atoms with Gasteiger partial charge in [0, 0.05) is 43.8 Å². The number of anilines is 2. The fourth-order valence-electron chi connectivity index (χ4n) is 4.19. The summed E-state index contributed by atoms with van der Waals surface area (Å²) in [5, 5.41) is 1.22. The normalized spacial score (nSPS) is 15.0. The zero-order chi connectivity index (χ0) is 23.5. The lowest BCUT2D eigenvalue weighted by Crippen LogP contribution is -2.47. The van der Waals surface area contributed by atoms with E-state index in [9.17, 15) is 12.8 Å². The first-order valence-corrected chi connectivity index (χ1v) is 13.4. The summed E-state index contributed by atoms with van der Waals surface area (Å²) in [6.45, 7) is 4.70. The molecule has 0 unspecified atom stereocenters. The van der Waals surface area contributed by atoms with Crippen molar-refractivity contribution in [3.8, 4) is 0 Å². The van der Waals surface area contributed by atoms with Gasteiger partial charge in [0.15, 0.2) is 0 Å². The van der Waals surface area contributed by atoms with Crippen molar-refractivity contribution < 1.29 is 12.8 Å². The summed E-state index contributed by atoms with van der Waals surface area (Å²) in [6.07, 6.45) is 0.825. The van der Waals surface area contributed by atoms with E-state index in [0.29, 0.717) is 5.69 Å². The van der Waals surface area contributed by atoms with Gasteiger partial charge in [-0.3, -0.25) is 9.62 Å². The van der Waals surface area contributed by atoms with Crippen LogP contribution in [0, 0.1) is 5.82 Å². The van der Waals surface area contributed by atoms with E-state index in [-0.39, 0.29) is 4.90 Å². The number of rotatable bonds is 7. The molecule has 0 spiro atoms. The largest absolute Gasteiger partial charge is 0.353 e. The molecule has 1 aliphatic heterocycles. The smallest absolute Gasteiger partial charge is 0.261 e. The number of hydrogen-bond acceptors (Lipinski definition) is 6. The fourth-order valence-corrected chi connectivity index (χ4v) is 6.03. The van der Waals surface area contributed by atoms with Crippen molar-refractivity contribution in [2.75, 3.05) is 42.3 Å². The minimum absolute atomic E-state index is 0.0325. The molecule has 0 saturated carbocycles. The summed E-state index contributed by atoms with van der Waals surface area (Å²) < 4.78 is 46.8. The topological polar surface area (TPSA) is 65.5 Å². The quantitative estimate of drug-likeness (QED) is 0.405. The Morgan fingerprint density at radius 1 is 0.941 bits per heavy atom. The Bertz CT molecular complexity index is 1380. The van der Waals surface area contributed by atoms with Gasteiger partial charge in [0.25, 0.3) is 10.0 Å². The van der Waals surface area contributed by atoms with Crippen LogP contribution in [0.15, 0.2) is 77.7 Å². The molecule has 34 heavy (non-hydrogen) atoms.